The molecule has 4 aromatic rings. The molecule has 0 aliphatic rings. The highest BCUT2D eigenvalue weighted by Crippen LogP contribution is 2.37. The highest BCUT2D eigenvalue weighted by molar-refractivity contribution is 5.99. The van der Waals surface area contributed by atoms with Gasteiger partial charge in [0, 0.05) is 23.1 Å². The third-order valence-electron chi connectivity index (χ3n) is 6.23. The van der Waals surface area contributed by atoms with Crippen molar-refractivity contribution in [2.75, 3.05) is 14.2 Å². The van der Waals surface area contributed by atoms with Gasteiger partial charge in [-0.2, -0.15) is 13.2 Å². The Balaban J connectivity index is 1.60. The average Bonchev–Trinajstić information content (AvgIpc) is 3.40. The predicted octanol–water partition coefficient (Wildman–Crippen LogP) is 4.38. The van der Waals surface area contributed by atoms with E-state index in [4.69, 9.17) is 19.6 Å². The lowest BCUT2D eigenvalue weighted by Gasteiger charge is -2.15. The SMILES string of the molecule is COc1ccccc1CNC(=O)[C@@H](C)NC(=O)c1nc(-c2ccc(OC)c3nc(C(F)(F)F)ccc23)oc1[C@H](C)N. The van der Waals surface area contributed by atoms with Gasteiger partial charge in [-0.3, -0.25) is 9.59 Å². The number of benzene rings is 2. The minimum atomic E-state index is -4.66. The van der Waals surface area contributed by atoms with Gasteiger partial charge in [-0.15, -0.1) is 0 Å². The molecule has 0 aliphatic carbocycles. The first-order valence-electron chi connectivity index (χ1n) is 12.5. The molecule has 2 heterocycles. The minimum absolute atomic E-state index is 0.0305. The summed E-state index contributed by atoms with van der Waals surface area (Å²) in [6.07, 6.45) is -4.66. The number of hydrogen-bond donors (Lipinski definition) is 3. The predicted molar refractivity (Wildman–Crippen MR) is 143 cm³/mol. The fraction of sp³-hybridized carbons (Fsp3) is 0.286. The Kier molecular flexibility index (Phi) is 8.47. The van der Waals surface area contributed by atoms with E-state index in [2.05, 4.69) is 20.6 Å². The number of rotatable bonds is 9. The maximum Gasteiger partial charge on any atom is 0.433 e. The zero-order valence-electron chi connectivity index (χ0n) is 22.6. The highest BCUT2D eigenvalue weighted by Gasteiger charge is 2.33. The number of halogens is 3. The number of carbonyl (C=O) groups is 2. The molecule has 0 aliphatic heterocycles. The number of pyridine rings is 1. The second-order valence-electron chi connectivity index (χ2n) is 9.15. The van der Waals surface area contributed by atoms with Crippen LogP contribution in [0.15, 0.2) is 52.9 Å². The molecule has 0 spiro atoms. The number of methoxy groups -OCH3 is 2. The molecule has 0 saturated carbocycles. The second kappa shape index (κ2) is 11.8. The van der Waals surface area contributed by atoms with Gasteiger partial charge in [0.15, 0.2) is 11.5 Å². The molecule has 2 amide bonds. The Morgan fingerprint density at radius 1 is 1.00 bits per heavy atom. The van der Waals surface area contributed by atoms with Crippen molar-refractivity contribution in [3.63, 3.8) is 0 Å². The van der Waals surface area contributed by atoms with E-state index in [-0.39, 0.29) is 46.1 Å². The Bertz CT molecular complexity index is 1590. The molecule has 10 nitrogen and oxygen atoms in total. The van der Waals surface area contributed by atoms with Crippen molar-refractivity contribution in [2.24, 2.45) is 5.73 Å². The van der Waals surface area contributed by atoms with Crippen molar-refractivity contribution in [2.45, 2.75) is 38.7 Å². The smallest absolute Gasteiger partial charge is 0.433 e. The lowest BCUT2D eigenvalue weighted by Crippen LogP contribution is -2.45. The highest BCUT2D eigenvalue weighted by atomic mass is 19.4. The molecule has 4 rings (SSSR count). The van der Waals surface area contributed by atoms with Gasteiger partial charge >= 0.3 is 6.18 Å². The molecule has 0 fully saturated rings. The number of nitrogens with two attached hydrogens (primary N) is 1. The van der Waals surface area contributed by atoms with Crippen LogP contribution in [0.4, 0.5) is 13.2 Å². The Morgan fingerprint density at radius 2 is 1.71 bits per heavy atom. The van der Waals surface area contributed by atoms with Crippen LogP contribution in [0.1, 0.15) is 47.4 Å². The summed E-state index contributed by atoms with van der Waals surface area (Å²) in [5, 5.41) is 5.58. The lowest BCUT2D eigenvalue weighted by molar-refractivity contribution is -0.141. The number of oxazole rings is 1. The number of hydrogen-bond acceptors (Lipinski definition) is 8. The van der Waals surface area contributed by atoms with Gasteiger partial charge in [0.25, 0.3) is 5.91 Å². The van der Waals surface area contributed by atoms with Crippen LogP contribution >= 0.6 is 0 Å². The zero-order valence-corrected chi connectivity index (χ0v) is 22.6. The van der Waals surface area contributed by atoms with E-state index >= 15 is 0 Å². The van der Waals surface area contributed by atoms with E-state index in [1.807, 2.05) is 6.07 Å². The van der Waals surface area contributed by atoms with E-state index in [0.29, 0.717) is 5.75 Å². The van der Waals surface area contributed by atoms with Crippen molar-refractivity contribution >= 4 is 22.7 Å². The van der Waals surface area contributed by atoms with E-state index in [1.165, 1.54) is 39.3 Å². The summed E-state index contributed by atoms with van der Waals surface area (Å²) in [7, 11) is 2.84. The average molecular weight is 572 g/mol. The van der Waals surface area contributed by atoms with Gasteiger partial charge in [0.1, 0.15) is 28.8 Å². The number of para-hydroxylation sites is 1. The second-order valence-corrected chi connectivity index (χ2v) is 9.15. The maximum absolute atomic E-state index is 13.3. The first-order chi connectivity index (χ1) is 19.4. The summed E-state index contributed by atoms with van der Waals surface area (Å²) in [5.41, 5.74) is 5.74. The number of ether oxygens (including phenoxy) is 2. The molecular formula is C28H28F3N5O5. The minimum Gasteiger partial charge on any atom is -0.496 e. The maximum atomic E-state index is 13.3. The quantitative estimate of drug-likeness (QED) is 0.269. The first kappa shape index (κ1) is 29.3. The summed E-state index contributed by atoms with van der Waals surface area (Å²) in [6, 6.07) is 10.5. The van der Waals surface area contributed by atoms with Crippen LogP contribution in [0, 0.1) is 0 Å². The molecule has 2 aromatic heterocycles. The standard InChI is InChI=1S/C28H28F3N5O5/c1-14(32)24-23(26(38)34-15(2)25(37)33-13-16-7-5-6-8-19(16)39-3)36-27(41-24)18-9-11-20(40-4)22-17(18)10-12-21(35-22)28(29,30)31/h5-12,14-15H,13,32H2,1-4H3,(H,33,37)(H,34,38)/t14-,15+/m0/s1. The van der Waals surface area contributed by atoms with Crippen molar-refractivity contribution in [1.82, 2.24) is 20.6 Å². The summed E-state index contributed by atoms with van der Waals surface area (Å²) in [6.45, 7) is 3.26. The normalized spacial score (nSPS) is 13.0. The van der Waals surface area contributed by atoms with Crippen molar-refractivity contribution < 1.29 is 36.7 Å². The molecule has 41 heavy (non-hydrogen) atoms. The fourth-order valence-corrected chi connectivity index (χ4v) is 4.13. The third kappa shape index (κ3) is 6.24. The van der Waals surface area contributed by atoms with Crippen LogP contribution in [-0.4, -0.2) is 42.0 Å². The number of amides is 2. The summed E-state index contributed by atoms with van der Waals surface area (Å²) < 4.78 is 56.3. The lowest BCUT2D eigenvalue weighted by atomic mass is 10.1. The zero-order chi connectivity index (χ0) is 29.9. The molecule has 2 atom stereocenters. The number of fused-ring (bicyclic) bond motifs is 1. The van der Waals surface area contributed by atoms with Gasteiger partial charge in [-0.25, -0.2) is 9.97 Å². The number of carbonyl (C=O) groups excluding carboxylic acids is 2. The summed E-state index contributed by atoms with van der Waals surface area (Å²) in [4.78, 5) is 33.9. The Labute approximate surface area is 233 Å². The summed E-state index contributed by atoms with van der Waals surface area (Å²) in [5.74, 6) is -0.490. The molecule has 13 heteroatoms. The van der Waals surface area contributed by atoms with Gasteiger partial charge in [-0.05, 0) is 44.2 Å². The van der Waals surface area contributed by atoms with Crippen LogP contribution in [-0.2, 0) is 17.5 Å². The fourth-order valence-electron chi connectivity index (χ4n) is 4.13. The molecule has 2 aromatic carbocycles. The van der Waals surface area contributed by atoms with Crippen molar-refractivity contribution in [3.05, 3.63) is 71.2 Å². The molecular weight excluding hydrogens is 543 g/mol. The number of nitrogens with one attached hydrogen (secondary N) is 2. The molecule has 4 N–H and O–H groups in total. The molecule has 0 saturated heterocycles. The number of aromatic nitrogens is 2. The first-order valence-corrected chi connectivity index (χ1v) is 12.5. The van der Waals surface area contributed by atoms with Crippen LogP contribution in [0.2, 0.25) is 0 Å². The van der Waals surface area contributed by atoms with Crippen molar-refractivity contribution in [1.29, 1.82) is 0 Å². The van der Waals surface area contributed by atoms with Gasteiger partial charge < -0.3 is 30.3 Å². The Hall–Kier alpha value is -4.65. The van der Waals surface area contributed by atoms with E-state index in [0.717, 1.165) is 11.6 Å². The number of nitrogens with zero attached hydrogens (tertiary/aromatic N) is 2. The third-order valence-corrected chi connectivity index (χ3v) is 6.23. The Morgan fingerprint density at radius 3 is 2.37 bits per heavy atom. The van der Waals surface area contributed by atoms with Crippen LogP contribution in [0.5, 0.6) is 11.5 Å². The van der Waals surface area contributed by atoms with E-state index in [9.17, 15) is 22.8 Å². The molecule has 0 unspecified atom stereocenters. The monoisotopic (exact) mass is 571 g/mol. The number of alkyl halides is 3. The largest absolute Gasteiger partial charge is 0.496 e. The summed E-state index contributed by atoms with van der Waals surface area (Å²) >= 11 is 0. The van der Waals surface area contributed by atoms with Crippen LogP contribution in [0.25, 0.3) is 22.4 Å². The topological polar surface area (TPSA) is 142 Å². The van der Waals surface area contributed by atoms with Gasteiger partial charge in [-0.1, -0.05) is 18.2 Å². The van der Waals surface area contributed by atoms with Crippen LogP contribution in [0.3, 0.4) is 0 Å². The molecule has 216 valence electrons. The van der Waals surface area contributed by atoms with Gasteiger partial charge in [0.05, 0.1) is 20.3 Å². The van der Waals surface area contributed by atoms with Gasteiger partial charge in [0.2, 0.25) is 11.8 Å². The van der Waals surface area contributed by atoms with Crippen molar-refractivity contribution in [3.8, 4) is 23.0 Å². The van der Waals surface area contributed by atoms with E-state index in [1.54, 1.807) is 25.1 Å². The van der Waals surface area contributed by atoms with Crippen LogP contribution < -0.4 is 25.8 Å². The molecule has 0 bridgehead atoms. The van der Waals surface area contributed by atoms with E-state index < -0.39 is 35.8 Å². The molecule has 0 radical (unpaired) electrons.